The van der Waals surface area contributed by atoms with Crippen LogP contribution in [0.3, 0.4) is 0 Å². The Bertz CT molecular complexity index is 951. The van der Waals surface area contributed by atoms with Crippen molar-refractivity contribution in [2.24, 2.45) is 28.9 Å². The zero-order valence-corrected chi connectivity index (χ0v) is 26.0. The maximum absolute atomic E-state index is 13.3. The van der Waals surface area contributed by atoms with Gasteiger partial charge in [-0.15, -0.1) is 0 Å². The Hall–Kier alpha value is -1.87. The molecule has 2 saturated carbocycles. The summed E-state index contributed by atoms with van der Waals surface area (Å²) in [6, 6.07) is 6.55. The van der Waals surface area contributed by atoms with Gasteiger partial charge in [0.2, 0.25) is 5.91 Å². The highest BCUT2D eigenvalue weighted by Gasteiger charge is 2.49. The van der Waals surface area contributed by atoms with Gasteiger partial charge in [0.15, 0.2) is 0 Å². The molecule has 0 unspecified atom stereocenters. The number of aliphatic hydroxyl groups excluding tert-OH is 1. The number of ether oxygens (including phenoxy) is 2. The molecule has 1 aromatic carbocycles. The van der Waals surface area contributed by atoms with E-state index < -0.39 is 12.1 Å². The van der Waals surface area contributed by atoms with E-state index in [0.29, 0.717) is 36.9 Å². The molecule has 0 saturated heterocycles. The van der Waals surface area contributed by atoms with Crippen LogP contribution in [0, 0.1) is 23.2 Å². The van der Waals surface area contributed by atoms with Gasteiger partial charge in [-0.05, 0) is 74.8 Å². The van der Waals surface area contributed by atoms with Crippen LogP contribution in [-0.4, -0.2) is 66.9 Å². The molecule has 0 bridgehead atoms. The summed E-state index contributed by atoms with van der Waals surface area (Å²) in [5.74, 6) is 0.841. The van der Waals surface area contributed by atoms with E-state index in [-0.39, 0.29) is 42.2 Å². The van der Waals surface area contributed by atoms with Crippen LogP contribution in [0.15, 0.2) is 24.3 Å². The molecule has 8 nitrogen and oxygen atoms in total. The number of rotatable bonds is 17. The fourth-order valence-electron chi connectivity index (χ4n) is 6.34. The summed E-state index contributed by atoms with van der Waals surface area (Å²) in [6.07, 6.45) is 10.2. The van der Waals surface area contributed by atoms with Crippen LogP contribution in [0.25, 0.3) is 0 Å². The molecular weight excluding hydrogens is 542 g/mol. The molecule has 3 atom stereocenters. The number of amides is 2. The molecule has 0 spiro atoms. The van der Waals surface area contributed by atoms with Crippen molar-refractivity contribution in [2.45, 2.75) is 96.6 Å². The summed E-state index contributed by atoms with van der Waals surface area (Å²) in [4.78, 5) is 26.5. The lowest BCUT2D eigenvalue weighted by Crippen LogP contribution is -2.54. The number of hydrogen-bond acceptors (Lipinski definition) is 6. The van der Waals surface area contributed by atoms with Crippen LogP contribution in [0.1, 0.15) is 94.8 Å². The second kappa shape index (κ2) is 16.7. The fourth-order valence-corrected chi connectivity index (χ4v) is 6.61. The SMILES string of the molecule is COCCCCOc1ccccc1C(=O)N(Cl)C[C@@H](C[C@H](N)[C@@H](O)CNC(=O)C1(C2CCCCC2)CCC1)C(C)C. The molecule has 0 aromatic heterocycles. The molecule has 2 amide bonds. The van der Waals surface area contributed by atoms with Crippen LogP contribution in [0.5, 0.6) is 5.75 Å². The van der Waals surface area contributed by atoms with Crippen LogP contribution in [0.4, 0.5) is 0 Å². The largest absolute Gasteiger partial charge is 0.493 e. The fraction of sp³-hybridized carbons (Fsp3) is 0.750. The average Bonchev–Trinajstić information content (AvgIpc) is 2.95. The molecule has 2 fully saturated rings. The number of methoxy groups -OCH3 is 1. The topological polar surface area (TPSA) is 114 Å². The van der Waals surface area contributed by atoms with Gasteiger partial charge in [-0.1, -0.05) is 51.7 Å². The van der Waals surface area contributed by atoms with E-state index in [1.807, 2.05) is 6.07 Å². The molecule has 9 heteroatoms. The van der Waals surface area contributed by atoms with Gasteiger partial charge in [-0.25, -0.2) is 0 Å². The Balaban J connectivity index is 1.52. The van der Waals surface area contributed by atoms with E-state index >= 15 is 0 Å². The van der Waals surface area contributed by atoms with Gasteiger partial charge in [-0.2, -0.15) is 0 Å². The third kappa shape index (κ3) is 9.31. The number of nitrogens with zero attached hydrogens (tertiary/aromatic N) is 1. The van der Waals surface area contributed by atoms with Gasteiger partial charge in [0.25, 0.3) is 5.91 Å². The third-order valence-electron chi connectivity index (χ3n) is 9.30. The summed E-state index contributed by atoms with van der Waals surface area (Å²) in [7, 11) is 1.67. The van der Waals surface area contributed by atoms with E-state index in [1.54, 1.807) is 25.3 Å². The van der Waals surface area contributed by atoms with Gasteiger partial charge in [0.05, 0.1) is 23.7 Å². The first kappa shape index (κ1) is 33.6. The Morgan fingerprint density at radius 3 is 2.44 bits per heavy atom. The first-order valence-corrected chi connectivity index (χ1v) is 15.9. The molecule has 4 N–H and O–H groups in total. The average molecular weight is 594 g/mol. The van der Waals surface area contributed by atoms with Crippen molar-refractivity contribution in [3.63, 3.8) is 0 Å². The van der Waals surface area contributed by atoms with E-state index in [4.69, 9.17) is 27.0 Å². The van der Waals surface area contributed by atoms with Gasteiger partial charge in [0.1, 0.15) is 5.75 Å². The molecule has 3 rings (SSSR count). The van der Waals surface area contributed by atoms with E-state index in [1.165, 1.54) is 23.7 Å². The molecule has 0 heterocycles. The highest BCUT2D eigenvalue weighted by Crippen LogP contribution is 2.52. The normalized spacial score (nSPS) is 19.2. The van der Waals surface area contributed by atoms with Gasteiger partial charge in [-0.3, -0.25) is 14.0 Å². The number of unbranched alkanes of at least 4 members (excludes halogenated alkanes) is 1. The lowest BCUT2D eigenvalue weighted by Gasteiger charge is -2.48. The molecule has 0 radical (unpaired) electrons. The Labute approximate surface area is 251 Å². The monoisotopic (exact) mass is 593 g/mol. The Morgan fingerprint density at radius 2 is 1.80 bits per heavy atom. The van der Waals surface area contributed by atoms with Crippen molar-refractivity contribution < 1.29 is 24.2 Å². The number of nitrogens with two attached hydrogens (primary N) is 1. The minimum atomic E-state index is -0.879. The first-order valence-electron chi connectivity index (χ1n) is 15.6. The van der Waals surface area contributed by atoms with Gasteiger partial charge >= 0.3 is 0 Å². The minimum Gasteiger partial charge on any atom is -0.493 e. The van der Waals surface area contributed by atoms with Crippen LogP contribution >= 0.6 is 11.8 Å². The van der Waals surface area contributed by atoms with Crippen molar-refractivity contribution in [1.29, 1.82) is 0 Å². The summed E-state index contributed by atoms with van der Waals surface area (Å²) in [5, 5.41) is 13.9. The molecule has 232 valence electrons. The van der Waals surface area contributed by atoms with Crippen molar-refractivity contribution in [3.8, 4) is 5.75 Å². The number of carbonyl (C=O) groups is 2. The highest BCUT2D eigenvalue weighted by atomic mass is 35.5. The van der Waals surface area contributed by atoms with Crippen molar-refractivity contribution in [1.82, 2.24) is 9.74 Å². The quantitative estimate of drug-likeness (QED) is 0.167. The number of benzene rings is 1. The second-order valence-electron chi connectivity index (χ2n) is 12.4. The number of hydrogen-bond donors (Lipinski definition) is 3. The number of carbonyl (C=O) groups excluding carboxylic acids is 2. The Kier molecular flexibility index (Phi) is 13.7. The maximum Gasteiger partial charge on any atom is 0.271 e. The van der Waals surface area contributed by atoms with E-state index in [0.717, 1.165) is 44.9 Å². The van der Waals surface area contributed by atoms with Crippen LogP contribution < -0.4 is 15.8 Å². The zero-order chi connectivity index (χ0) is 29.8. The van der Waals surface area contributed by atoms with Crippen molar-refractivity contribution in [2.75, 3.05) is 33.4 Å². The summed E-state index contributed by atoms with van der Waals surface area (Å²) < 4.78 is 12.1. The predicted molar refractivity (Wildman–Crippen MR) is 163 cm³/mol. The highest BCUT2D eigenvalue weighted by molar-refractivity contribution is 6.24. The van der Waals surface area contributed by atoms with Gasteiger partial charge < -0.3 is 25.6 Å². The van der Waals surface area contributed by atoms with E-state index in [2.05, 4.69) is 19.2 Å². The zero-order valence-electron chi connectivity index (χ0n) is 25.3. The van der Waals surface area contributed by atoms with Crippen LogP contribution in [-0.2, 0) is 9.53 Å². The third-order valence-corrected chi connectivity index (χ3v) is 9.59. The first-order chi connectivity index (χ1) is 19.7. The summed E-state index contributed by atoms with van der Waals surface area (Å²) in [5.41, 5.74) is 6.59. The predicted octanol–water partition coefficient (Wildman–Crippen LogP) is 5.31. The maximum atomic E-state index is 13.3. The van der Waals surface area contributed by atoms with Crippen LogP contribution in [0.2, 0.25) is 0 Å². The molecule has 1 aromatic rings. The molecule has 41 heavy (non-hydrogen) atoms. The molecule has 2 aliphatic carbocycles. The second-order valence-corrected chi connectivity index (χ2v) is 12.8. The lowest BCUT2D eigenvalue weighted by molar-refractivity contribution is -0.142. The summed E-state index contributed by atoms with van der Waals surface area (Å²) in [6.45, 7) is 5.68. The Morgan fingerprint density at radius 1 is 1.12 bits per heavy atom. The molecule has 2 aliphatic rings. The lowest BCUT2D eigenvalue weighted by atomic mass is 9.57. The van der Waals surface area contributed by atoms with Crippen molar-refractivity contribution >= 4 is 23.6 Å². The smallest absolute Gasteiger partial charge is 0.271 e. The number of para-hydroxylation sites is 1. The number of halogens is 1. The summed E-state index contributed by atoms with van der Waals surface area (Å²) >= 11 is 6.54. The van der Waals surface area contributed by atoms with E-state index in [9.17, 15) is 14.7 Å². The van der Waals surface area contributed by atoms with Crippen molar-refractivity contribution in [3.05, 3.63) is 29.8 Å². The van der Waals surface area contributed by atoms with Gasteiger partial charge in [0, 0.05) is 44.6 Å². The standard InChI is InChI=1S/C32H52ClN3O5/c1-23(2)24(22-36(33)30(38)26-14-7-8-15-29(26)41-19-10-9-18-40-3)20-27(34)28(37)21-35-31(39)32(16-11-17-32)25-12-5-4-6-13-25/h7-8,14-15,23-25,27-28,37H,4-6,9-13,16-22,34H2,1-3H3,(H,35,39)/t24-,27+,28+/m1/s1. The number of nitrogens with one attached hydrogen (secondary N) is 1. The molecular formula is C32H52ClN3O5. The molecule has 0 aliphatic heterocycles. The minimum absolute atomic E-state index is 0.0425. The number of aliphatic hydroxyl groups is 1.